The van der Waals surface area contributed by atoms with Crippen LogP contribution in [0.3, 0.4) is 0 Å². The van der Waals surface area contributed by atoms with Crippen molar-refractivity contribution in [2.45, 2.75) is 25.1 Å². The number of halogens is 4. The normalized spacial score (nSPS) is 17.4. The van der Waals surface area contributed by atoms with Crippen LogP contribution < -0.4 is 5.32 Å². The Bertz CT molecular complexity index is 510. The van der Waals surface area contributed by atoms with Crippen molar-refractivity contribution in [1.29, 1.82) is 0 Å². The van der Waals surface area contributed by atoms with E-state index in [1.807, 2.05) is 0 Å². The Morgan fingerprint density at radius 1 is 1.30 bits per heavy atom. The highest BCUT2D eigenvalue weighted by Crippen LogP contribution is 2.35. The van der Waals surface area contributed by atoms with E-state index >= 15 is 0 Å². The van der Waals surface area contributed by atoms with E-state index < -0.39 is 23.6 Å². The summed E-state index contributed by atoms with van der Waals surface area (Å²) in [5.41, 5.74) is -1.32. The molecule has 0 amide bonds. The average Bonchev–Trinajstić information content (AvgIpc) is 2.41. The molecule has 1 aliphatic rings. The molecule has 6 heteroatoms. The van der Waals surface area contributed by atoms with Gasteiger partial charge in [0.25, 0.3) is 0 Å². The van der Waals surface area contributed by atoms with Crippen LogP contribution in [-0.4, -0.2) is 13.7 Å². The van der Waals surface area contributed by atoms with Gasteiger partial charge in [0.2, 0.25) is 0 Å². The van der Waals surface area contributed by atoms with Crippen molar-refractivity contribution in [3.63, 3.8) is 0 Å². The van der Waals surface area contributed by atoms with E-state index in [9.17, 15) is 17.6 Å². The molecule has 0 radical (unpaired) electrons. The van der Waals surface area contributed by atoms with Crippen molar-refractivity contribution in [2.24, 2.45) is 0 Å². The number of hydrogen-bond donors (Lipinski definition) is 1. The third kappa shape index (κ3) is 2.95. The van der Waals surface area contributed by atoms with Gasteiger partial charge in [0.1, 0.15) is 11.6 Å². The summed E-state index contributed by atoms with van der Waals surface area (Å²) in [7, 11) is 1.56. The molecule has 1 aromatic rings. The molecule has 20 heavy (non-hydrogen) atoms. The van der Waals surface area contributed by atoms with E-state index in [-0.39, 0.29) is 5.56 Å². The summed E-state index contributed by atoms with van der Waals surface area (Å²) in [6, 6.07) is 2.57. The minimum atomic E-state index is -4.71. The van der Waals surface area contributed by atoms with Crippen LogP contribution in [0.1, 0.15) is 30.0 Å². The van der Waals surface area contributed by atoms with Crippen LogP contribution in [0, 0.1) is 5.82 Å². The molecular formula is C14H15F4NO. The van der Waals surface area contributed by atoms with Gasteiger partial charge in [-0.1, -0.05) is 12.1 Å². The van der Waals surface area contributed by atoms with E-state index in [1.165, 1.54) is 12.1 Å². The Hall–Kier alpha value is -1.56. The lowest BCUT2D eigenvalue weighted by molar-refractivity contribution is -0.140. The Balaban J connectivity index is 2.42. The van der Waals surface area contributed by atoms with Crippen LogP contribution in [-0.2, 0) is 10.9 Å². The predicted molar refractivity (Wildman–Crippen MR) is 66.5 cm³/mol. The van der Waals surface area contributed by atoms with E-state index in [1.54, 1.807) is 13.1 Å². The van der Waals surface area contributed by atoms with Gasteiger partial charge in [-0.15, -0.1) is 0 Å². The molecule has 2 nitrogen and oxygen atoms in total. The molecule has 1 aromatic carbocycles. The predicted octanol–water partition coefficient (Wildman–Crippen LogP) is 3.80. The first-order chi connectivity index (χ1) is 9.45. The first-order valence-corrected chi connectivity index (χ1v) is 6.31. The summed E-state index contributed by atoms with van der Waals surface area (Å²) >= 11 is 0. The maximum absolute atomic E-state index is 14.1. The van der Waals surface area contributed by atoms with Crippen LogP contribution in [0.5, 0.6) is 0 Å². The molecule has 1 atom stereocenters. The molecule has 0 aromatic heterocycles. The maximum Gasteiger partial charge on any atom is 0.419 e. The maximum atomic E-state index is 14.1. The zero-order valence-corrected chi connectivity index (χ0v) is 10.9. The fourth-order valence-electron chi connectivity index (χ4n) is 2.22. The number of rotatable bonds is 3. The fraction of sp³-hybridized carbons (Fsp3) is 0.429. The molecule has 1 aliphatic heterocycles. The molecule has 0 bridgehead atoms. The summed E-state index contributed by atoms with van der Waals surface area (Å²) in [5, 5.41) is 2.81. The standard InChI is InChI=1S/C14H15F4NO/c1-19-13(11-7-2-3-8-20-11)9-5-4-6-10(12(9)15)14(16,17)18/h4-7,13,19H,2-3,8H2,1H3. The summed E-state index contributed by atoms with van der Waals surface area (Å²) in [4.78, 5) is 0. The van der Waals surface area contributed by atoms with Gasteiger partial charge in [0, 0.05) is 5.56 Å². The summed E-state index contributed by atoms with van der Waals surface area (Å²) in [6.07, 6.45) is -1.30. The van der Waals surface area contributed by atoms with E-state index in [2.05, 4.69) is 5.32 Å². The number of likely N-dealkylation sites (N-methyl/N-ethyl adjacent to an activating group) is 1. The van der Waals surface area contributed by atoms with Crippen molar-refractivity contribution in [2.75, 3.05) is 13.7 Å². The number of hydrogen-bond acceptors (Lipinski definition) is 2. The molecule has 110 valence electrons. The van der Waals surface area contributed by atoms with Crippen LogP contribution in [0.25, 0.3) is 0 Å². The zero-order chi connectivity index (χ0) is 14.8. The molecule has 0 spiro atoms. The summed E-state index contributed by atoms with van der Waals surface area (Å²) in [6.45, 7) is 0.491. The van der Waals surface area contributed by atoms with E-state index in [0.29, 0.717) is 12.4 Å². The van der Waals surface area contributed by atoms with Gasteiger partial charge in [0.05, 0.1) is 18.2 Å². The number of benzene rings is 1. The van der Waals surface area contributed by atoms with Crippen molar-refractivity contribution in [3.05, 3.63) is 47.0 Å². The van der Waals surface area contributed by atoms with E-state index in [4.69, 9.17) is 4.74 Å². The molecule has 0 saturated heterocycles. The third-order valence-corrected chi connectivity index (χ3v) is 3.18. The Labute approximate surface area is 114 Å². The van der Waals surface area contributed by atoms with Gasteiger partial charge < -0.3 is 10.1 Å². The lowest BCUT2D eigenvalue weighted by Gasteiger charge is -2.25. The minimum Gasteiger partial charge on any atom is -0.496 e. The summed E-state index contributed by atoms with van der Waals surface area (Å²) < 4.78 is 57.7. The topological polar surface area (TPSA) is 21.3 Å². The van der Waals surface area contributed by atoms with Crippen LogP contribution in [0.15, 0.2) is 30.0 Å². The van der Waals surface area contributed by atoms with Crippen molar-refractivity contribution < 1.29 is 22.3 Å². The van der Waals surface area contributed by atoms with Crippen molar-refractivity contribution in [3.8, 4) is 0 Å². The SMILES string of the molecule is CNC(C1=CCCCO1)c1cccc(C(F)(F)F)c1F. The lowest BCUT2D eigenvalue weighted by atomic mass is 9.99. The molecule has 0 saturated carbocycles. The highest BCUT2D eigenvalue weighted by molar-refractivity contribution is 5.34. The molecule has 0 aliphatic carbocycles. The van der Waals surface area contributed by atoms with Gasteiger partial charge >= 0.3 is 6.18 Å². The fourth-order valence-corrected chi connectivity index (χ4v) is 2.22. The Kier molecular flexibility index (Phi) is 4.32. The van der Waals surface area contributed by atoms with Gasteiger partial charge in [0.15, 0.2) is 0 Å². The highest BCUT2D eigenvalue weighted by Gasteiger charge is 2.36. The summed E-state index contributed by atoms with van der Waals surface area (Å²) in [5.74, 6) is -0.786. The second-order valence-electron chi connectivity index (χ2n) is 4.53. The highest BCUT2D eigenvalue weighted by atomic mass is 19.4. The molecule has 0 fully saturated rings. The number of nitrogens with one attached hydrogen (secondary N) is 1. The van der Waals surface area contributed by atoms with E-state index in [0.717, 1.165) is 18.9 Å². The lowest BCUT2D eigenvalue weighted by Crippen LogP contribution is -2.24. The van der Waals surface area contributed by atoms with Crippen LogP contribution >= 0.6 is 0 Å². The number of alkyl halides is 3. The minimum absolute atomic E-state index is 0.0597. The first kappa shape index (κ1) is 14.8. The van der Waals surface area contributed by atoms with Gasteiger partial charge in [-0.3, -0.25) is 0 Å². The molecule has 2 rings (SSSR count). The van der Waals surface area contributed by atoms with Gasteiger partial charge in [-0.2, -0.15) is 13.2 Å². The zero-order valence-electron chi connectivity index (χ0n) is 10.9. The molecule has 1 unspecified atom stereocenters. The van der Waals surface area contributed by atoms with Crippen LogP contribution in [0.2, 0.25) is 0 Å². The van der Waals surface area contributed by atoms with Crippen molar-refractivity contribution in [1.82, 2.24) is 5.32 Å². The molecular weight excluding hydrogens is 274 g/mol. The van der Waals surface area contributed by atoms with Gasteiger partial charge in [-0.05, 0) is 32.0 Å². The largest absolute Gasteiger partial charge is 0.496 e. The number of allylic oxidation sites excluding steroid dienone is 1. The van der Waals surface area contributed by atoms with Crippen LogP contribution in [0.4, 0.5) is 17.6 Å². The molecule has 1 heterocycles. The van der Waals surface area contributed by atoms with Gasteiger partial charge in [-0.25, -0.2) is 4.39 Å². The quantitative estimate of drug-likeness (QED) is 0.855. The average molecular weight is 289 g/mol. The number of ether oxygens (including phenoxy) is 1. The third-order valence-electron chi connectivity index (χ3n) is 3.18. The Morgan fingerprint density at radius 3 is 2.60 bits per heavy atom. The molecule has 1 N–H and O–H groups in total. The smallest absolute Gasteiger partial charge is 0.419 e. The van der Waals surface area contributed by atoms with Crippen molar-refractivity contribution >= 4 is 0 Å². The Morgan fingerprint density at radius 2 is 2.05 bits per heavy atom. The second kappa shape index (κ2) is 5.83. The first-order valence-electron chi connectivity index (χ1n) is 6.31. The second-order valence-corrected chi connectivity index (χ2v) is 4.53. The monoisotopic (exact) mass is 289 g/mol.